The Balaban J connectivity index is 1.63. The second-order valence-corrected chi connectivity index (χ2v) is 9.58. The number of carbonyl (C=O) groups excluding carboxylic acids is 2. The van der Waals surface area contributed by atoms with Gasteiger partial charge in [0, 0.05) is 18.5 Å². The van der Waals surface area contributed by atoms with Gasteiger partial charge in [0.2, 0.25) is 5.91 Å². The van der Waals surface area contributed by atoms with Gasteiger partial charge in [-0.05, 0) is 36.6 Å². The lowest BCUT2D eigenvalue weighted by molar-refractivity contribution is -0.909. The number of alkyl halides is 3. The first-order valence-electron chi connectivity index (χ1n) is 12.4. The third-order valence-electron chi connectivity index (χ3n) is 6.68. The van der Waals surface area contributed by atoms with E-state index in [2.05, 4.69) is 22.1 Å². The number of anilines is 1. The fourth-order valence-electron chi connectivity index (χ4n) is 4.36. The van der Waals surface area contributed by atoms with E-state index in [1.54, 1.807) is 0 Å². The molecule has 2 atom stereocenters. The maximum atomic E-state index is 13.1. The van der Waals surface area contributed by atoms with E-state index in [4.69, 9.17) is 0 Å². The van der Waals surface area contributed by atoms with Gasteiger partial charge in [-0.15, -0.1) is 0 Å². The highest BCUT2D eigenvalue weighted by Gasteiger charge is 2.31. The lowest BCUT2D eigenvalue weighted by Gasteiger charge is -2.26. The molecule has 2 aromatic rings. The summed E-state index contributed by atoms with van der Waals surface area (Å²) in [7, 11) is 0. The molecule has 1 aliphatic heterocycles. The summed E-state index contributed by atoms with van der Waals surface area (Å²) in [6, 6.07) is 13.0. The first-order valence-corrected chi connectivity index (χ1v) is 12.4. The molecule has 1 heterocycles. The van der Waals surface area contributed by atoms with Crippen LogP contribution in [-0.2, 0) is 22.2 Å². The number of nitrogens with one attached hydrogen (secondary N) is 3. The molecule has 36 heavy (non-hydrogen) atoms. The summed E-state index contributed by atoms with van der Waals surface area (Å²) >= 11 is 0. The van der Waals surface area contributed by atoms with E-state index in [-0.39, 0.29) is 11.6 Å². The number of quaternary nitrogens is 3. The summed E-state index contributed by atoms with van der Waals surface area (Å²) in [4.78, 5) is 27.4. The smallest absolute Gasteiger partial charge is 0.355 e. The van der Waals surface area contributed by atoms with E-state index in [1.807, 2.05) is 30.3 Å². The van der Waals surface area contributed by atoms with Crippen molar-refractivity contribution in [3.63, 3.8) is 0 Å². The minimum Gasteiger partial charge on any atom is -0.355 e. The van der Waals surface area contributed by atoms with Gasteiger partial charge in [-0.2, -0.15) is 13.2 Å². The van der Waals surface area contributed by atoms with E-state index < -0.39 is 29.7 Å². The molecule has 0 bridgehead atoms. The average Bonchev–Trinajstić information content (AvgIpc) is 2.86. The molecular formula is C26H37F3N5O2+3. The summed E-state index contributed by atoms with van der Waals surface area (Å²) in [5.74, 6) is -0.896. The molecule has 0 saturated carbocycles. The third kappa shape index (κ3) is 8.61. The van der Waals surface area contributed by atoms with Crippen molar-refractivity contribution in [2.75, 3.05) is 25.0 Å². The van der Waals surface area contributed by atoms with E-state index in [0.29, 0.717) is 25.3 Å². The quantitative estimate of drug-likeness (QED) is 0.312. The van der Waals surface area contributed by atoms with Crippen LogP contribution in [0.3, 0.4) is 0 Å². The molecule has 0 aromatic heterocycles. The maximum Gasteiger partial charge on any atom is 0.416 e. The van der Waals surface area contributed by atoms with Crippen LogP contribution in [0.2, 0.25) is 0 Å². The topological polar surface area (TPSA) is 118 Å². The number of aryl methyl sites for hydroxylation is 1. The molecule has 196 valence electrons. The normalized spacial score (nSPS) is 19.8. The summed E-state index contributed by atoms with van der Waals surface area (Å²) in [5, 5.41) is 5.33. The van der Waals surface area contributed by atoms with Crippen LogP contribution in [0, 0.1) is 0 Å². The zero-order valence-corrected chi connectivity index (χ0v) is 20.4. The summed E-state index contributed by atoms with van der Waals surface area (Å²) in [6.07, 6.45) is -0.970. The lowest BCUT2D eigenvalue weighted by Crippen LogP contribution is -3.14. The van der Waals surface area contributed by atoms with Gasteiger partial charge >= 0.3 is 6.18 Å². The second-order valence-electron chi connectivity index (χ2n) is 9.58. The number of carbonyl (C=O) groups is 2. The lowest BCUT2D eigenvalue weighted by atomic mass is 10.0. The Bertz CT molecular complexity index is 995. The van der Waals surface area contributed by atoms with Crippen molar-refractivity contribution in [3.8, 4) is 0 Å². The molecular weight excluding hydrogens is 471 g/mol. The monoisotopic (exact) mass is 508 g/mol. The molecule has 0 spiro atoms. The SMILES string of the molecule is [NH3+]C1CC[NH+](CC[C@H]([NH3+])C(=O)N[C@@H](CCc2ccccc2)C(=O)Nc2cccc(C(F)(F)F)c2)CC1. The molecule has 1 fully saturated rings. The van der Waals surface area contributed by atoms with E-state index in [9.17, 15) is 22.8 Å². The van der Waals surface area contributed by atoms with Crippen LogP contribution in [-0.4, -0.2) is 49.6 Å². The van der Waals surface area contributed by atoms with Gasteiger partial charge in [0.25, 0.3) is 5.91 Å². The maximum absolute atomic E-state index is 13.1. The van der Waals surface area contributed by atoms with Crippen LogP contribution in [0.4, 0.5) is 18.9 Å². The molecule has 7 nitrogen and oxygen atoms in total. The Kier molecular flexibility index (Phi) is 9.86. The molecule has 1 aliphatic rings. The Morgan fingerprint density at radius 1 is 1.00 bits per heavy atom. The van der Waals surface area contributed by atoms with Gasteiger partial charge in [-0.25, -0.2) is 0 Å². The standard InChI is InChI=1S/C26H34F3N5O2/c27-26(28,29)19-7-4-8-21(17-19)32-25(36)23(10-9-18-5-2-1-3-6-18)33-24(35)22(31)13-16-34-14-11-20(30)12-15-34/h1-8,17,20,22-23H,9-16,30-31H2,(H,32,36)(H,33,35)/p+3/t22-,23-/m0/s1. The Morgan fingerprint density at radius 3 is 2.36 bits per heavy atom. The largest absolute Gasteiger partial charge is 0.416 e. The number of likely N-dealkylation sites (tertiary alicyclic amines) is 1. The summed E-state index contributed by atoms with van der Waals surface area (Å²) in [6.45, 7) is 2.88. The number of hydrogen-bond acceptors (Lipinski definition) is 2. The molecule has 1 saturated heterocycles. The fraction of sp³-hybridized carbons (Fsp3) is 0.462. The molecule has 10 heteroatoms. The van der Waals surface area contributed by atoms with Gasteiger partial charge in [-0.3, -0.25) is 9.59 Å². The number of benzene rings is 2. The number of rotatable bonds is 10. The highest BCUT2D eigenvalue weighted by atomic mass is 19.4. The van der Waals surface area contributed by atoms with Gasteiger partial charge in [0.05, 0.1) is 37.7 Å². The van der Waals surface area contributed by atoms with Crippen molar-refractivity contribution in [1.29, 1.82) is 0 Å². The highest BCUT2D eigenvalue weighted by Crippen LogP contribution is 2.30. The van der Waals surface area contributed by atoms with Gasteiger partial charge in [0.1, 0.15) is 6.04 Å². The van der Waals surface area contributed by atoms with Crippen molar-refractivity contribution in [1.82, 2.24) is 5.32 Å². The van der Waals surface area contributed by atoms with Crippen LogP contribution in [0.1, 0.15) is 36.8 Å². The number of amides is 2. The van der Waals surface area contributed by atoms with Crippen molar-refractivity contribution < 1.29 is 39.1 Å². The molecule has 2 amide bonds. The zero-order chi connectivity index (χ0) is 26.1. The first-order chi connectivity index (χ1) is 17.1. The van der Waals surface area contributed by atoms with Crippen molar-refractivity contribution in [2.45, 2.75) is 56.4 Å². The fourth-order valence-corrected chi connectivity index (χ4v) is 4.36. The average molecular weight is 509 g/mol. The number of halogens is 3. The summed E-state index contributed by atoms with van der Waals surface area (Å²) in [5.41, 5.74) is 8.27. The first kappa shape index (κ1) is 27.6. The molecule has 3 rings (SSSR count). The zero-order valence-electron chi connectivity index (χ0n) is 20.4. The van der Waals surface area contributed by atoms with Crippen LogP contribution < -0.4 is 27.0 Å². The highest BCUT2D eigenvalue weighted by molar-refractivity contribution is 5.97. The third-order valence-corrected chi connectivity index (χ3v) is 6.68. The molecule has 0 unspecified atom stereocenters. The molecule has 9 N–H and O–H groups in total. The van der Waals surface area contributed by atoms with Crippen LogP contribution in [0.25, 0.3) is 0 Å². The number of hydrogen-bond donors (Lipinski definition) is 5. The molecule has 2 aromatic carbocycles. The minimum atomic E-state index is -4.52. The van der Waals surface area contributed by atoms with E-state index in [0.717, 1.165) is 50.2 Å². The van der Waals surface area contributed by atoms with E-state index >= 15 is 0 Å². The Morgan fingerprint density at radius 2 is 1.69 bits per heavy atom. The van der Waals surface area contributed by atoms with Crippen LogP contribution in [0.5, 0.6) is 0 Å². The molecule has 0 radical (unpaired) electrons. The Labute approximate surface area is 209 Å². The summed E-state index contributed by atoms with van der Waals surface area (Å²) < 4.78 is 39.2. The minimum absolute atomic E-state index is 0.0253. The molecule has 0 aliphatic carbocycles. The van der Waals surface area contributed by atoms with Gasteiger partial charge < -0.3 is 27.0 Å². The van der Waals surface area contributed by atoms with Crippen LogP contribution in [0.15, 0.2) is 54.6 Å². The van der Waals surface area contributed by atoms with Crippen molar-refractivity contribution >= 4 is 17.5 Å². The van der Waals surface area contributed by atoms with E-state index in [1.165, 1.54) is 17.0 Å². The van der Waals surface area contributed by atoms with Gasteiger partial charge in [0.15, 0.2) is 6.04 Å². The van der Waals surface area contributed by atoms with Crippen LogP contribution >= 0.6 is 0 Å². The van der Waals surface area contributed by atoms with Crippen molar-refractivity contribution in [2.24, 2.45) is 0 Å². The predicted octanol–water partition coefficient (Wildman–Crippen LogP) is 0.0513. The van der Waals surface area contributed by atoms with Gasteiger partial charge in [-0.1, -0.05) is 36.4 Å². The Hall–Kier alpha value is -2.95. The predicted molar refractivity (Wildman–Crippen MR) is 130 cm³/mol. The van der Waals surface area contributed by atoms with Crippen molar-refractivity contribution in [3.05, 3.63) is 65.7 Å². The second kappa shape index (κ2) is 12.8. The number of piperidine rings is 1.